The van der Waals surface area contributed by atoms with E-state index in [9.17, 15) is 8.42 Å². The largest absolute Gasteiger partial charge is 0.302 e. The first-order valence-electron chi connectivity index (χ1n) is 7.05. The van der Waals surface area contributed by atoms with Crippen molar-refractivity contribution >= 4 is 21.4 Å². The van der Waals surface area contributed by atoms with Crippen molar-refractivity contribution in [3.05, 3.63) is 45.9 Å². The van der Waals surface area contributed by atoms with Crippen molar-refractivity contribution in [3.8, 4) is 0 Å². The van der Waals surface area contributed by atoms with Crippen molar-refractivity contribution in [2.24, 2.45) is 0 Å². The van der Waals surface area contributed by atoms with Crippen LogP contribution < -0.4 is 10.0 Å². The lowest BCUT2D eigenvalue weighted by molar-refractivity contribution is 0.487. The maximum absolute atomic E-state index is 11.7. The van der Waals surface area contributed by atoms with E-state index in [0.29, 0.717) is 0 Å². The van der Waals surface area contributed by atoms with E-state index < -0.39 is 10.0 Å². The first-order chi connectivity index (χ1) is 10.3. The summed E-state index contributed by atoms with van der Waals surface area (Å²) in [5.74, 6) is 0. The molecule has 2 rings (SSSR count). The lowest BCUT2D eigenvalue weighted by atomic mass is 10.1. The van der Waals surface area contributed by atoms with E-state index >= 15 is 0 Å². The summed E-state index contributed by atoms with van der Waals surface area (Å²) in [6.07, 6.45) is 0. The second-order valence-electron chi connectivity index (χ2n) is 5.18. The van der Waals surface area contributed by atoms with Crippen LogP contribution in [0.1, 0.15) is 42.2 Å². The van der Waals surface area contributed by atoms with Gasteiger partial charge in [-0.25, -0.2) is 18.1 Å². The summed E-state index contributed by atoms with van der Waals surface area (Å²) in [6, 6.07) is 7.15. The van der Waals surface area contributed by atoms with Crippen molar-refractivity contribution < 1.29 is 8.42 Å². The normalized spacial score (nSPS) is 14.7. The summed E-state index contributed by atoms with van der Waals surface area (Å²) in [4.78, 5) is 4.76. The number of benzene rings is 1. The summed E-state index contributed by atoms with van der Waals surface area (Å²) in [5.41, 5.74) is 2.07. The molecule has 0 saturated heterocycles. The van der Waals surface area contributed by atoms with Gasteiger partial charge >= 0.3 is 0 Å². The predicted molar refractivity (Wildman–Crippen MR) is 89.5 cm³/mol. The van der Waals surface area contributed by atoms with E-state index in [1.807, 2.05) is 19.1 Å². The molecule has 7 heteroatoms. The fourth-order valence-corrected chi connectivity index (χ4v) is 3.63. The Morgan fingerprint density at radius 2 is 1.77 bits per heavy atom. The van der Waals surface area contributed by atoms with Gasteiger partial charge in [-0.1, -0.05) is 12.1 Å². The van der Waals surface area contributed by atoms with Gasteiger partial charge in [0, 0.05) is 17.5 Å². The molecule has 0 saturated carbocycles. The number of nitrogens with zero attached hydrogens (tertiary/aromatic N) is 1. The Kier molecular flexibility index (Phi) is 5.33. The van der Waals surface area contributed by atoms with Crippen LogP contribution >= 0.6 is 11.3 Å². The predicted octanol–water partition coefficient (Wildman–Crippen LogP) is 2.77. The molecule has 0 amide bonds. The third-order valence-electron chi connectivity index (χ3n) is 3.54. The zero-order valence-corrected chi connectivity index (χ0v) is 14.8. The Labute approximate surface area is 135 Å². The van der Waals surface area contributed by atoms with E-state index in [2.05, 4.69) is 34.3 Å². The molecule has 0 bridgehead atoms. The molecule has 1 aromatic heterocycles. The van der Waals surface area contributed by atoms with Gasteiger partial charge in [0.25, 0.3) is 0 Å². The molecular formula is C15H21N3O2S2. The zero-order valence-electron chi connectivity index (χ0n) is 13.1. The summed E-state index contributed by atoms with van der Waals surface area (Å²) >= 11 is 1.64. The maximum atomic E-state index is 11.7. The number of sulfonamides is 1. The Morgan fingerprint density at radius 1 is 1.14 bits per heavy atom. The number of aryl methyl sites for hydroxylation is 1. The Hall–Kier alpha value is -1.28. The third-order valence-corrected chi connectivity index (χ3v) is 5.76. The van der Waals surface area contributed by atoms with Gasteiger partial charge in [-0.3, -0.25) is 0 Å². The van der Waals surface area contributed by atoms with E-state index in [4.69, 9.17) is 0 Å². The maximum Gasteiger partial charge on any atom is 0.240 e. The third kappa shape index (κ3) is 3.92. The molecule has 0 aliphatic heterocycles. The van der Waals surface area contributed by atoms with Crippen molar-refractivity contribution in [3.63, 3.8) is 0 Å². The van der Waals surface area contributed by atoms with Crippen LogP contribution in [0, 0.1) is 6.92 Å². The number of hydrogen-bond donors (Lipinski definition) is 2. The van der Waals surface area contributed by atoms with Crippen LogP contribution in [0.15, 0.2) is 34.5 Å². The first-order valence-corrected chi connectivity index (χ1v) is 9.41. The highest BCUT2D eigenvalue weighted by atomic mass is 32.2. The molecule has 1 aromatic carbocycles. The highest BCUT2D eigenvalue weighted by Crippen LogP contribution is 2.21. The van der Waals surface area contributed by atoms with Crippen LogP contribution in [-0.4, -0.2) is 20.4 Å². The Balaban J connectivity index is 2.08. The molecule has 22 heavy (non-hydrogen) atoms. The summed E-state index contributed by atoms with van der Waals surface area (Å²) in [6.45, 7) is 6.12. The number of hydrogen-bond acceptors (Lipinski definition) is 5. The van der Waals surface area contributed by atoms with Crippen LogP contribution in [0.2, 0.25) is 0 Å². The summed E-state index contributed by atoms with van der Waals surface area (Å²) in [5, 5.41) is 6.59. The second-order valence-corrected chi connectivity index (χ2v) is 8.13. The van der Waals surface area contributed by atoms with Crippen LogP contribution in [-0.2, 0) is 10.0 Å². The van der Waals surface area contributed by atoms with Crippen molar-refractivity contribution in [2.45, 2.75) is 37.8 Å². The smallest absolute Gasteiger partial charge is 0.240 e. The fraction of sp³-hybridized carbons (Fsp3) is 0.400. The zero-order chi connectivity index (χ0) is 16.3. The lowest BCUT2D eigenvalue weighted by Crippen LogP contribution is -2.23. The quantitative estimate of drug-likeness (QED) is 0.849. The van der Waals surface area contributed by atoms with E-state index in [0.717, 1.165) is 16.3 Å². The molecule has 0 unspecified atom stereocenters. The molecule has 2 aromatic rings. The van der Waals surface area contributed by atoms with Crippen LogP contribution in [0.4, 0.5) is 0 Å². The SMILES string of the molecule is CNS(=O)(=O)c1ccc([C@@H](C)N[C@H](C)c2csc(C)n2)cc1. The van der Waals surface area contributed by atoms with Gasteiger partial charge < -0.3 is 5.32 Å². The molecule has 0 spiro atoms. The second kappa shape index (κ2) is 6.87. The van der Waals surface area contributed by atoms with Crippen LogP contribution in [0.25, 0.3) is 0 Å². The average molecular weight is 339 g/mol. The molecule has 120 valence electrons. The van der Waals surface area contributed by atoms with Gasteiger partial charge in [-0.2, -0.15) is 0 Å². The van der Waals surface area contributed by atoms with E-state index in [-0.39, 0.29) is 17.0 Å². The van der Waals surface area contributed by atoms with E-state index in [1.165, 1.54) is 7.05 Å². The molecule has 5 nitrogen and oxygen atoms in total. The minimum atomic E-state index is -3.38. The van der Waals surface area contributed by atoms with Crippen molar-refractivity contribution in [1.29, 1.82) is 0 Å². The first kappa shape index (κ1) is 17.1. The van der Waals surface area contributed by atoms with Gasteiger partial charge in [0.2, 0.25) is 10.0 Å². The minimum absolute atomic E-state index is 0.100. The number of aromatic nitrogens is 1. The average Bonchev–Trinajstić information content (AvgIpc) is 2.94. The molecule has 2 N–H and O–H groups in total. The number of nitrogens with one attached hydrogen (secondary N) is 2. The number of rotatable bonds is 6. The highest BCUT2D eigenvalue weighted by molar-refractivity contribution is 7.89. The topological polar surface area (TPSA) is 71.1 Å². The molecule has 0 fully saturated rings. The minimum Gasteiger partial charge on any atom is -0.302 e. The monoisotopic (exact) mass is 339 g/mol. The van der Waals surface area contributed by atoms with E-state index in [1.54, 1.807) is 23.5 Å². The molecule has 0 radical (unpaired) electrons. The van der Waals surface area contributed by atoms with Crippen LogP contribution in [0.5, 0.6) is 0 Å². The van der Waals surface area contributed by atoms with Gasteiger partial charge in [0.1, 0.15) is 0 Å². The molecule has 0 aliphatic carbocycles. The summed E-state index contributed by atoms with van der Waals surface area (Å²) < 4.78 is 25.7. The van der Waals surface area contributed by atoms with Crippen LogP contribution in [0.3, 0.4) is 0 Å². The van der Waals surface area contributed by atoms with Crippen molar-refractivity contribution in [1.82, 2.24) is 15.0 Å². The Bertz CT molecular complexity index is 724. The Morgan fingerprint density at radius 3 is 2.27 bits per heavy atom. The fourth-order valence-electron chi connectivity index (χ4n) is 2.19. The number of thiazole rings is 1. The van der Waals surface area contributed by atoms with Gasteiger partial charge in [0.15, 0.2) is 0 Å². The highest BCUT2D eigenvalue weighted by Gasteiger charge is 2.15. The summed E-state index contributed by atoms with van der Waals surface area (Å²) in [7, 11) is -1.98. The van der Waals surface area contributed by atoms with Gasteiger partial charge in [-0.05, 0) is 45.5 Å². The van der Waals surface area contributed by atoms with Crippen molar-refractivity contribution in [2.75, 3.05) is 7.05 Å². The molecular weight excluding hydrogens is 318 g/mol. The standard InChI is InChI=1S/C15H21N3O2S2/c1-10(17-11(2)15-9-21-12(3)18-15)13-5-7-14(8-6-13)22(19,20)16-4/h5-11,16-17H,1-4H3/t10-,11-/m1/s1. The lowest BCUT2D eigenvalue weighted by Gasteiger charge is -2.19. The molecule has 1 heterocycles. The van der Waals surface area contributed by atoms with Gasteiger partial charge in [0.05, 0.1) is 15.6 Å². The van der Waals surface area contributed by atoms with Gasteiger partial charge in [-0.15, -0.1) is 11.3 Å². The molecule has 0 aliphatic rings. The molecule has 2 atom stereocenters.